The Bertz CT molecular complexity index is 669. The summed E-state index contributed by atoms with van der Waals surface area (Å²) in [7, 11) is -3.96. The van der Waals surface area contributed by atoms with Gasteiger partial charge in [0.15, 0.2) is 0 Å². The van der Waals surface area contributed by atoms with Crippen molar-refractivity contribution >= 4 is 39.6 Å². The average molecular weight is 319 g/mol. The van der Waals surface area contributed by atoms with E-state index in [-0.39, 0.29) is 9.92 Å². The third-order valence-corrected chi connectivity index (χ3v) is 3.98. The molecule has 20 heavy (non-hydrogen) atoms. The molecule has 0 aliphatic carbocycles. The van der Waals surface area contributed by atoms with Gasteiger partial charge in [-0.2, -0.15) is 0 Å². The van der Waals surface area contributed by atoms with E-state index in [9.17, 15) is 18.0 Å². The number of rotatable bonds is 6. The van der Waals surface area contributed by atoms with Crippen LogP contribution in [0.25, 0.3) is 6.08 Å². The molecule has 1 amide bonds. The van der Waals surface area contributed by atoms with E-state index in [0.717, 1.165) is 6.08 Å². The van der Waals surface area contributed by atoms with E-state index in [1.54, 1.807) is 0 Å². The quantitative estimate of drug-likeness (QED) is 0.646. The van der Waals surface area contributed by atoms with Gasteiger partial charge in [0.05, 0.1) is 11.6 Å². The molecule has 1 aromatic carbocycles. The highest BCUT2D eigenvalue weighted by Gasteiger charge is 2.18. The number of carboxylic acids is 1. The molecular weight excluding hydrogens is 308 g/mol. The van der Waals surface area contributed by atoms with Gasteiger partial charge in [0, 0.05) is 6.08 Å². The van der Waals surface area contributed by atoms with Crippen LogP contribution >= 0.6 is 11.6 Å². The molecule has 9 heteroatoms. The Hall–Kier alpha value is -1.90. The van der Waals surface area contributed by atoms with Crippen LogP contribution in [-0.2, 0) is 19.6 Å². The molecule has 0 bridgehead atoms. The van der Waals surface area contributed by atoms with E-state index >= 15 is 0 Å². The minimum Gasteiger partial charge on any atom is -0.478 e. The van der Waals surface area contributed by atoms with Crippen LogP contribution in [0.4, 0.5) is 0 Å². The molecule has 0 aliphatic heterocycles. The van der Waals surface area contributed by atoms with Crippen molar-refractivity contribution < 1.29 is 23.1 Å². The minimum atomic E-state index is -3.96. The summed E-state index contributed by atoms with van der Waals surface area (Å²) in [5, 5.41) is 8.38. The number of halogens is 1. The summed E-state index contributed by atoms with van der Waals surface area (Å²) in [6.45, 7) is -0.542. The smallest absolute Gasteiger partial charge is 0.328 e. The van der Waals surface area contributed by atoms with Gasteiger partial charge in [-0.3, -0.25) is 4.79 Å². The summed E-state index contributed by atoms with van der Waals surface area (Å²) in [5.74, 6) is -1.97. The van der Waals surface area contributed by atoms with E-state index in [1.165, 1.54) is 24.3 Å². The summed E-state index contributed by atoms with van der Waals surface area (Å²) in [5.41, 5.74) is 5.27. The zero-order valence-corrected chi connectivity index (χ0v) is 11.6. The summed E-state index contributed by atoms with van der Waals surface area (Å²) < 4.78 is 25.6. The summed E-state index contributed by atoms with van der Waals surface area (Å²) in [6.07, 6.45) is 2.16. The van der Waals surface area contributed by atoms with Crippen LogP contribution < -0.4 is 10.5 Å². The number of primary amides is 1. The van der Waals surface area contributed by atoms with Gasteiger partial charge in [-0.15, -0.1) is 0 Å². The number of amides is 1. The highest BCUT2D eigenvalue weighted by Crippen LogP contribution is 2.23. The number of carbonyl (C=O) groups is 2. The van der Waals surface area contributed by atoms with Crippen molar-refractivity contribution in [3.8, 4) is 0 Å². The minimum absolute atomic E-state index is 0.102. The van der Waals surface area contributed by atoms with Crippen molar-refractivity contribution in [3.63, 3.8) is 0 Å². The molecule has 0 aliphatic rings. The third kappa shape index (κ3) is 4.65. The monoisotopic (exact) mass is 318 g/mol. The Morgan fingerprint density at radius 1 is 1.40 bits per heavy atom. The van der Waals surface area contributed by atoms with Crippen LogP contribution in [-0.4, -0.2) is 31.9 Å². The predicted octanol–water partition coefficient (Wildman–Crippen LogP) is 0.201. The fraction of sp³-hybridized carbons (Fsp3) is 0.0909. The fourth-order valence-electron chi connectivity index (χ4n) is 1.25. The van der Waals surface area contributed by atoms with Crippen molar-refractivity contribution in [2.24, 2.45) is 5.73 Å². The molecule has 0 unspecified atom stereocenters. The Labute approximate surface area is 120 Å². The summed E-state index contributed by atoms with van der Waals surface area (Å²) in [4.78, 5) is 20.7. The van der Waals surface area contributed by atoms with Crippen molar-refractivity contribution in [2.45, 2.75) is 4.90 Å². The Balaban J connectivity index is 3.04. The summed E-state index contributed by atoms with van der Waals surface area (Å²) in [6, 6.07) is 3.87. The Kier molecular flexibility index (Phi) is 5.26. The maximum Gasteiger partial charge on any atom is 0.328 e. The van der Waals surface area contributed by atoms with Crippen molar-refractivity contribution in [1.29, 1.82) is 0 Å². The van der Waals surface area contributed by atoms with Crippen molar-refractivity contribution in [3.05, 3.63) is 34.9 Å². The molecule has 0 saturated heterocycles. The lowest BCUT2D eigenvalue weighted by Gasteiger charge is -2.07. The second-order valence-corrected chi connectivity index (χ2v) is 5.79. The van der Waals surface area contributed by atoms with Gasteiger partial charge in [-0.05, 0) is 23.8 Å². The molecule has 7 nitrogen and oxygen atoms in total. The molecule has 0 fully saturated rings. The first-order chi connectivity index (χ1) is 9.22. The number of hydrogen-bond acceptors (Lipinski definition) is 4. The van der Waals surface area contributed by atoms with E-state index in [0.29, 0.717) is 5.56 Å². The second-order valence-electron chi connectivity index (χ2n) is 3.65. The normalized spacial score (nSPS) is 11.7. The number of hydrogen-bond donors (Lipinski definition) is 3. The van der Waals surface area contributed by atoms with E-state index in [1.807, 2.05) is 4.72 Å². The first-order valence-electron chi connectivity index (χ1n) is 5.21. The molecule has 0 saturated carbocycles. The van der Waals surface area contributed by atoms with Crippen molar-refractivity contribution in [2.75, 3.05) is 6.54 Å². The zero-order chi connectivity index (χ0) is 15.3. The first kappa shape index (κ1) is 16.2. The maximum absolute atomic E-state index is 11.8. The van der Waals surface area contributed by atoms with E-state index in [2.05, 4.69) is 0 Å². The summed E-state index contributed by atoms with van der Waals surface area (Å²) >= 11 is 5.83. The molecule has 0 aromatic heterocycles. The van der Waals surface area contributed by atoms with Gasteiger partial charge in [-0.25, -0.2) is 17.9 Å². The number of benzene rings is 1. The molecular formula is C11H11ClN2O5S. The number of carboxylic acid groups (broad SMARTS) is 1. The van der Waals surface area contributed by atoms with Gasteiger partial charge in [0.1, 0.15) is 4.90 Å². The molecule has 0 radical (unpaired) electrons. The maximum atomic E-state index is 11.8. The van der Waals surface area contributed by atoms with Crippen LogP contribution in [0.5, 0.6) is 0 Å². The number of nitrogens with one attached hydrogen (secondary N) is 1. The van der Waals surface area contributed by atoms with Crippen LogP contribution in [0.15, 0.2) is 29.2 Å². The number of nitrogens with two attached hydrogens (primary N) is 1. The number of sulfonamides is 1. The standard InChI is InChI=1S/C11H11ClN2O5S/c12-8-5-7(2-4-11(16)17)1-3-9(8)20(18,19)14-6-10(13)15/h1-5,14H,6H2,(H2,13,15)(H,16,17). The molecule has 108 valence electrons. The zero-order valence-electron chi connectivity index (χ0n) is 10.0. The highest BCUT2D eigenvalue weighted by atomic mass is 35.5. The largest absolute Gasteiger partial charge is 0.478 e. The number of carbonyl (C=O) groups excluding carboxylic acids is 1. The van der Waals surface area contributed by atoms with Gasteiger partial charge >= 0.3 is 5.97 Å². The van der Waals surface area contributed by atoms with Gasteiger partial charge < -0.3 is 10.8 Å². The first-order valence-corrected chi connectivity index (χ1v) is 7.07. The molecule has 0 heterocycles. The number of aliphatic carboxylic acids is 1. The van der Waals surface area contributed by atoms with Gasteiger partial charge in [-0.1, -0.05) is 17.7 Å². The highest BCUT2D eigenvalue weighted by molar-refractivity contribution is 7.89. The van der Waals surface area contributed by atoms with Crippen LogP contribution in [0.3, 0.4) is 0 Å². The molecule has 1 rings (SSSR count). The Morgan fingerprint density at radius 2 is 2.05 bits per heavy atom. The lowest BCUT2D eigenvalue weighted by atomic mass is 10.2. The average Bonchev–Trinajstić information content (AvgIpc) is 2.34. The lowest BCUT2D eigenvalue weighted by molar-refractivity contribution is -0.131. The van der Waals surface area contributed by atoms with Crippen molar-refractivity contribution in [1.82, 2.24) is 4.72 Å². The Morgan fingerprint density at radius 3 is 2.55 bits per heavy atom. The predicted molar refractivity (Wildman–Crippen MR) is 72.5 cm³/mol. The van der Waals surface area contributed by atoms with E-state index in [4.69, 9.17) is 22.4 Å². The van der Waals surface area contributed by atoms with Crippen LogP contribution in [0.1, 0.15) is 5.56 Å². The molecule has 0 spiro atoms. The van der Waals surface area contributed by atoms with E-state index < -0.39 is 28.4 Å². The molecule has 1 aromatic rings. The lowest BCUT2D eigenvalue weighted by Crippen LogP contribution is -2.33. The van der Waals surface area contributed by atoms with Gasteiger partial charge in [0.2, 0.25) is 15.9 Å². The fourth-order valence-corrected chi connectivity index (χ4v) is 2.79. The third-order valence-electron chi connectivity index (χ3n) is 2.10. The SMILES string of the molecule is NC(=O)CNS(=O)(=O)c1ccc(C=CC(=O)O)cc1Cl. The molecule has 4 N–H and O–H groups in total. The second kappa shape index (κ2) is 6.51. The topological polar surface area (TPSA) is 127 Å². The van der Waals surface area contributed by atoms with Gasteiger partial charge in [0.25, 0.3) is 0 Å². The van der Waals surface area contributed by atoms with Crippen LogP contribution in [0, 0.1) is 0 Å². The molecule has 0 atom stereocenters. The van der Waals surface area contributed by atoms with Crippen LogP contribution in [0.2, 0.25) is 5.02 Å².